The molecule has 1 aliphatic rings. The minimum absolute atomic E-state index is 0.0175. The Hall–Kier alpha value is -2.13. The molecule has 0 aromatic heterocycles. The molecule has 8 nitrogen and oxygen atoms in total. The number of ether oxygens (including phenoxy) is 2. The van der Waals surface area contributed by atoms with Crippen LogP contribution in [0.4, 0.5) is 4.79 Å². The number of hydrogen-bond acceptors (Lipinski definition) is 6. The van der Waals surface area contributed by atoms with Crippen LogP contribution in [0.15, 0.2) is 24.3 Å². The van der Waals surface area contributed by atoms with Gasteiger partial charge in [0.25, 0.3) is 0 Å². The molecule has 1 aromatic carbocycles. The summed E-state index contributed by atoms with van der Waals surface area (Å²) in [6.45, 7) is -0.0368. The van der Waals surface area contributed by atoms with Gasteiger partial charge < -0.3 is 9.47 Å². The number of rotatable bonds is 5. The molecule has 0 atom stereocenters. The highest BCUT2D eigenvalue weighted by atomic mass is 32.2. The van der Waals surface area contributed by atoms with Crippen molar-refractivity contribution in [2.75, 3.05) is 20.3 Å². The second-order valence-corrected chi connectivity index (χ2v) is 5.88. The largest absolute Gasteiger partial charge is 0.465 e. The van der Waals surface area contributed by atoms with Crippen molar-refractivity contribution in [1.29, 1.82) is 0 Å². The number of esters is 1. The number of nitrogens with zero attached hydrogens (tertiary/aromatic N) is 1. The van der Waals surface area contributed by atoms with Crippen LogP contribution >= 0.6 is 0 Å². The van der Waals surface area contributed by atoms with Gasteiger partial charge in [0.05, 0.1) is 19.2 Å². The van der Waals surface area contributed by atoms with Crippen molar-refractivity contribution in [3.05, 3.63) is 35.4 Å². The summed E-state index contributed by atoms with van der Waals surface area (Å²) in [5.41, 5.74) is 0.879. The predicted octanol–water partition coefficient (Wildman–Crippen LogP) is 0.260. The number of amides is 1. The molecule has 0 bridgehead atoms. The lowest BCUT2D eigenvalue weighted by atomic mass is 10.1. The third-order valence-electron chi connectivity index (χ3n) is 2.82. The molecule has 1 aromatic rings. The molecule has 114 valence electrons. The zero-order valence-corrected chi connectivity index (χ0v) is 12.1. The molecule has 1 amide bonds. The first-order valence-corrected chi connectivity index (χ1v) is 7.49. The highest BCUT2D eigenvalue weighted by molar-refractivity contribution is 7.87. The molecular weight excluding hydrogens is 300 g/mol. The molecular formula is C12H14N2O6S. The fourth-order valence-electron chi connectivity index (χ4n) is 1.78. The molecule has 0 aliphatic carbocycles. The van der Waals surface area contributed by atoms with Crippen LogP contribution < -0.4 is 4.72 Å². The van der Waals surface area contributed by atoms with E-state index in [1.807, 2.05) is 0 Å². The minimum atomic E-state index is -3.95. The van der Waals surface area contributed by atoms with Crippen molar-refractivity contribution in [2.45, 2.75) is 6.54 Å². The summed E-state index contributed by atoms with van der Waals surface area (Å²) in [5, 5.41) is 0. The number of methoxy groups -OCH3 is 1. The first-order valence-electron chi connectivity index (χ1n) is 6.05. The smallest absolute Gasteiger partial charge is 0.424 e. The maximum absolute atomic E-state index is 11.9. The summed E-state index contributed by atoms with van der Waals surface area (Å²) in [7, 11) is -2.69. The second kappa shape index (κ2) is 6.10. The number of nitrogens with one attached hydrogen (secondary N) is 1. The summed E-state index contributed by atoms with van der Waals surface area (Å²) in [6.07, 6.45) is -0.897. The van der Waals surface area contributed by atoms with Crippen LogP contribution in [0.3, 0.4) is 0 Å². The van der Waals surface area contributed by atoms with Gasteiger partial charge in [-0.1, -0.05) is 12.1 Å². The first kappa shape index (κ1) is 15.3. The number of hydrogen-bond donors (Lipinski definition) is 1. The molecule has 9 heteroatoms. The molecule has 21 heavy (non-hydrogen) atoms. The zero-order chi connectivity index (χ0) is 15.5. The summed E-state index contributed by atoms with van der Waals surface area (Å²) < 4.78 is 35.9. The van der Waals surface area contributed by atoms with Crippen LogP contribution in [-0.4, -0.2) is 45.0 Å². The molecule has 0 spiro atoms. The van der Waals surface area contributed by atoms with Crippen LogP contribution in [0.2, 0.25) is 0 Å². The number of benzene rings is 1. The maximum Gasteiger partial charge on any atom is 0.424 e. The maximum atomic E-state index is 11.9. The highest BCUT2D eigenvalue weighted by Gasteiger charge is 2.33. The normalized spacial score (nSPS) is 14.9. The Bertz CT molecular complexity index is 657. The van der Waals surface area contributed by atoms with Gasteiger partial charge in [-0.2, -0.15) is 17.4 Å². The zero-order valence-electron chi connectivity index (χ0n) is 11.2. The van der Waals surface area contributed by atoms with E-state index < -0.39 is 22.3 Å². The average molecular weight is 314 g/mol. The Kier molecular flexibility index (Phi) is 4.43. The van der Waals surface area contributed by atoms with Crippen molar-refractivity contribution in [1.82, 2.24) is 9.03 Å². The first-order chi connectivity index (χ1) is 9.94. The minimum Gasteiger partial charge on any atom is -0.465 e. The average Bonchev–Trinajstić information content (AvgIpc) is 2.92. The Balaban J connectivity index is 2.06. The van der Waals surface area contributed by atoms with Crippen molar-refractivity contribution in [3.63, 3.8) is 0 Å². The summed E-state index contributed by atoms with van der Waals surface area (Å²) in [5.74, 6) is -0.511. The van der Waals surface area contributed by atoms with E-state index in [0.29, 0.717) is 15.4 Å². The molecule has 1 N–H and O–H groups in total. The standard InChI is InChI=1S/C12H14N2O6S/c1-19-11(15)10-4-2-3-9(7-10)8-13-21(17,18)14-5-6-20-12(14)16/h2-4,7,13H,5-6,8H2,1H3. The Morgan fingerprint density at radius 1 is 1.48 bits per heavy atom. The van der Waals surface area contributed by atoms with Crippen molar-refractivity contribution in [2.24, 2.45) is 0 Å². The molecule has 2 rings (SSSR count). The van der Waals surface area contributed by atoms with Crippen LogP contribution in [0.1, 0.15) is 15.9 Å². The van der Waals surface area contributed by atoms with Crippen molar-refractivity contribution < 1.29 is 27.5 Å². The number of carbonyl (C=O) groups excluding carboxylic acids is 2. The topological polar surface area (TPSA) is 102 Å². The van der Waals surface area contributed by atoms with Gasteiger partial charge in [-0.15, -0.1) is 0 Å². The van der Waals surface area contributed by atoms with Gasteiger partial charge in [-0.25, -0.2) is 9.59 Å². The van der Waals surface area contributed by atoms with Crippen LogP contribution in [-0.2, 0) is 26.2 Å². The molecule has 1 heterocycles. The van der Waals surface area contributed by atoms with E-state index >= 15 is 0 Å². The van der Waals surface area contributed by atoms with E-state index in [9.17, 15) is 18.0 Å². The van der Waals surface area contributed by atoms with E-state index in [0.717, 1.165) is 0 Å². The lowest BCUT2D eigenvalue weighted by Crippen LogP contribution is -2.40. The van der Waals surface area contributed by atoms with Crippen LogP contribution in [0.5, 0.6) is 0 Å². The SMILES string of the molecule is COC(=O)c1cccc(CNS(=O)(=O)N2CCOC2=O)c1. The Morgan fingerprint density at radius 3 is 2.86 bits per heavy atom. The fraction of sp³-hybridized carbons (Fsp3) is 0.333. The van der Waals surface area contributed by atoms with Crippen molar-refractivity contribution in [3.8, 4) is 0 Å². The third-order valence-corrected chi connectivity index (χ3v) is 4.24. The molecule has 0 unspecified atom stereocenters. The third kappa shape index (κ3) is 3.50. The van der Waals surface area contributed by atoms with Gasteiger partial charge in [-0.3, -0.25) is 0 Å². The lowest BCUT2D eigenvalue weighted by Gasteiger charge is -2.14. The lowest BCUT2D eigenvalue weighted by molar-refractivity contribution is 0.0600. The number of carbonyl (C=O) groups is 2. The second-order valence-electron chi connectivity index (χ2n) is 4.20. The fourth-order valence-corrected chi connectivity index (χ4v) is 2.84. The van der Waals surface area contributed by atoms with Crippen molar-refractivity contribution >= 4 is 22.3 Å². The van der Waals surface area contributed by atoms with Crippen LogP contribution in [0.25, 0.3) is 0 Å². The van der Waals surface area contributed by atoms with Crippen LogP contribution in [0, 0.1) is 0 Å². The summed E-state index contributed by atoms with van der Waals surface area (Å²) in [4.78, 5) is 22.6. The monoisotopic (exact) mass is 314 g/mol. The quantitative estimate of drug-likeness (QED) is 0.782. The number of cyclic esters (lactones) is 1. The Morgan fingerprint density at radius 2 is 2.24 bits per heavy atom. The summed E-state index contributed by atoms with van der Waals surface area (Å²) in [6, 6.07) is 6.33. The van der Waals surface area contributed by atoms with E-state index in [2.05, 4.69) is 14.2 Å². The molecule has 0 saturated carbocycles. The van der Waals surface area contributed by atoms with Gasteiger partial charge in [0, 0.05) is 6.54 Å². The molecule has 1 fully saturated rings. The Labute approximate surface area is 121 Å². The summed E-state index contributed by atoms with van der Waals surface area (Å²) >= 11 is 0. The van der Waals surface area contributed by atoms with E-state index in [-0.39, 0.29) is 19.7 Å². The van der Waals surface area contributed by atoms with E-state index in [4.69, 9.17) is 0 Å². The molecule has 1 saturated heterocycles. The van der Waals surface area contributed by atoms with Gasteiger partial charge >= 0.3 is 22.3 Å². The predicted molar refractivity (Wildman–Crippen MR) is 71.6 cm³/mol. The van der Waals surface area contributed by atoms with Gasteiger partial charge in [0.15, 0.2) is 0 Å². The highest BCUT2D eigenvalue weighted by Crippen LogP contribution is 2.10. The van der Waals surface area contributed by atoms with E-state index in [1.54, 1.807) is 18.2 Å². The van der Waals surface area contributed by atoms with Gasteiger partial charge in [0.1, 0.15) is 6.61 Å². The molecule has 0 radical (unpaired) electrons. The van der Waals surface area contributed by atoms with E-state index in [1.165, 1.54) is 13.2 Å². The molecule has 1 aliphatic heterocycles. The van der Waals surface area contributed by atoms with Gasteiger partial charge in [-0.05, 0) is 17.7 Å². The van der Waals surface area contributed by atoms with Gasteiger partial charge in [0.2, 0.25) is 0 Å².